The molecule has 18 heavy (non-hydrogen) atoms. The Morgan fingerprint density at radius 2 is 1.83 bits per heavy atom. The number of amides is 1. The molecule has 0 saturated heterocycles. The SMILES string of the molecule is CCN(CC(=O)O)C(=O)C1Cc2ccccc2C1. The van der Waals surface area contributed by atoms with Gasteiger partial charge in [0.2, 0.25) is 5.91 Å². The summed E-state index contributed by atoms with van der Waals surface area (Å²) in [6, 6.07) is 8.02. The Labute approximate surface area is 106 Å². The number of aliphatic carboxylic acids is 1. The number of likely N-dealkylation sites (N-methyl/N-ethyl adjacent to an activating group) is 1. The van der Waals surface area contributed by atoms with Crippen LogP contribution in [-0.2, 0) is 22.4 Å². The van der Waals surface area contributed by atoms with Gasteiger partial charge in [0.1, 0.15) is 6.54 Å². The lowest BCUT2D eigenvalue weighted by Crippen LogP contribution is -2.39. The molecule has 0 heterocycles. The summed E-state index contributed by atoms with van der Waals surface area (Å²) in [5.74, 6) is -1.10. The van der Waals surface area contributed by atoms with Gasteiger partial charge in [-0.25, -0.2) is 0 Å². The second-order valence-electron chi connectivity index (χ2n) is 4.62. The largest absolute Gasteiger partial charge is 0.480 e. The molecule has 4 nitrogen and oxygen atoms in total. The zero-order valence-corrected chi connectivity index (χ0v) is 10.4. The molecule has 0 unspecified atom stereocenters. The van der Waals surface area contributed by atoms with E-state index in [1.54, 1.807) is 0 Å². The Kier molecular flexibility index (Phi) is 3.65. The van der Waals surface area contributed by atoms with Crippen LogP contribution in [0, 0.1) is 5.92 Å². The van der Waals surface area contributed by atoms with Crippen molar-refractivity contribution in [1.82, 2.24) is 4.90 Å². The normalized spacial score (nSPS) is 14.3. The van der Waals surface area contributed by atoms with Crippen LogP contribution in [0.5, 0.6) is 0 Å². The highest BCUT2D eigenvalue weighted by Crippen LogP contribution is 2.27. The van der Waals surface area contributed by atoms with Crippen molar-refractivity contribution in [2.45, 2.75) is 19.8 Å². The van der Waals surface area contributed by atoms with Gasteiger partial charge in [0.15, 0.2) is 0 Å². The van der Waals surface area contributed by atoms with E-state index in [1.807, 2.05) is 31.2 Å². The average Bonchev–Trinajstić information content (AvgIpc) is 2.78. The van der Waals surface area contributed by atoms with Gasteiger partial charge in [-0.15, -0.1) is 0 Å². The van der Waals surface area contributed by atoms with E-state index in [-0.39, 0.29) is 18.4 Å². The molecule has 0 aliphatic heterocycles. The Bertz CT molecular complexity index is 445. The summed E-state index contributed by atoms with van der Waals surface area (Å²) in [6.07, 6.45) is 1.45. The van der Waals surface area contributed by atoms with Crippen LogP contribution < -0.4 is 0 Å². The molecular formula is C14H17NO3. The molecule has 1 aromatic carbocycles. The smallest absolute Gasteiger partial charge is 0.323 e. The molecule has 2 rings (SSSR count). The Hall–Kier alpha value is -1.84. The lowest BCUT2D eigenvalue weighted by Gasteiger charge is -2.22. The predicted molar refractivity (Wildman–Crippen MR) is 67.2 cm³/mol. The van der Waals surface area contributed by atoms with Crippen LogP contribution in [-0.4, -0.2) is 35.0 Å². The fraction of sp³-hybridized carbons (Fsp3) is 0.429. The highest BCUT2D eigenvalue weighted by atomic mass is 16.4. The molecular weight excluding hydrogens is 230 g/mol. The molecule has 0 spiro atoms. The van der Waals surface area contributed by atoms with Crippen molar-refractivity contribution in [1.29, 1.82) is 0 Å². The number of benzene rings is 1. The van der Waals surface area contributed by atoms with E-state index in [9.17, 15) is 9.59 Å². The molecule has 0 bridgehead atoms. The Balaban J connectivity index is 2.06. The summed E-state index contributed by atoms with van der Waals surface area (Å²) < 4.78 is 0. The molecule has 0 radical (unpaired) electrons. The molecule has 1 amide bonds. The molecule has 0 fully saturated rings. The maximum absolute atomic E-state index is 12.2. The number of carbonyl (C=O) groups excluding carboxylic acids is 1. The minimum absolute atomic E-state index is 0.0453. The first kappa shape index (κ1) is 12.6. The maximum atomic E-state index is 12.2. The number of carboxylic acid groups (broad SMARTS) is 1. The van der Waals surface area contributed by atoms with Crippen molar-refractivity contribution in [2.75, 3.05) is 13.1 Å². The standard InChI is InChI=1S/C14H17NO3/c1-2-15(9-13(16)17)14(18)12-7-10-5-3-4-6-11(10)8-12/h3-6,12H,2,7-9H2,1H3,(H,16,17). The van der Waals surface area contributed by atoms with Crippen molar-refractivity contribution in [3.63, 3.8) is 0 Å². The van der Waals surface area contributed by atoms with Gasteiger partial charge in [-0.2, -0.15) is 0 Å². The molecule has 0 atom stereocenters. The zero-order chi connectivity index (χ0) is 13.1. The molecule has 96 valence electrons. The van der Waals surface area contributed by atoms with Crippen LogP contribution in [0.4, 0.5) is 0 Å². The molecule has 1 aromatic rings. The lowest BCUT2D eigenvalue weighted by molar-refractivity contribution is -0.146. The number of fused-ring (bicyclic) bond motifs is 1. The fourth-order valence-electron chi connectivity index (χ4n) is 2.50. The van der Waals surface area contributed by atoms with Crippen molar-refractivity contribution in [3.05, 3.63) is 35.4 Å². The zero-order valence-electron chi connectivity index (χ0n) is 10.4. The van der Waals surface area contributed by atoms with E-state index in [2.05, 4.69) is 0 Å². The first-order valence-electron chi connectivity index (χ1n) is 6.19. The van der Waals surface area contributed by atoms with Crippen molar-refractivity contribution < 1.29 is 14.7 Å². The van der Waals surface area contributed by atoms with Gasteiger partial charge < -0.3 is 10.0 Å². The average molecular weight is 247 g/mol. The molecule has 0 saturated carbocycles. The van der Waals surface area contributed by atoms with Crippen LogP contribution >= 0.6 is 0 Å². The second-order valence-corrected chi connectivity index (χ2v) is 4.62. The topological polar surface area (TPSA) is 57.6 Å². The quantitative estimate of drug-likeness (QED) is 0.873. The molecule has 1 aliphatic rings. The van der Waals surface area contributed by atoms with E-state index in [0.717, 1.165) is 12.8 Å². The van der Waals surface area contributed by atoms with Crippen LogP contribution in [0.2, 0.25) is 0 Å². The summed E-state index contributed by atoms with van der Waals surface area (Å²) in [7, 11) is 0. The van der Waals surface area contributed by atoms with E-state index in [1.165, 1.54) is 16.0 Å². The van der Waals surface area contributed by atoms with Crippen molar-refractivity contribution >= 4 is 11.9 Å². The summed E-state index contributed by atoms with van der Waals surface area (Å²) in [4.78, 5) is 24.4. The maximum Gasteiger partial charge on any atom is 0.323 e. The minimum atomic E-state index is -0.958. The third-order valence-corrected chi connectivity index (χ3v) is 3.42. The molecule has 4 heteroatoms. The van der Waals surface area contributed by atoms with E-state index < -0.39 is 5.97 Å². The van der Waals surface area contributed by atoms with Gasteiger partial charge in [-0.3, -0.25) is 9.59 Å². The van der Waals surface area contributed by atoms with Crippen molar-refractivity contribution in [2.24, 2.45) is 5.92 Å². The van der Waals surface area contributed by atoms with E-state index in [4.69, 9.17) is 5.11 Å². The number of hydrogen-bond donors (Lipinski definition) is 1. The van der Waals surface area contributed by atoms with Crippen LogP contribution in [0.3, 0.4) is 0 Å². The van der Waals surface area contributed by atoms with E-state index >= 15 is 0 Å². The number of carboxylic acids is 1. The number of hydrogen-bond acceptors (Lipinski definition) is 2. The van der Waals surface area contributed by atoms with Gasteiger partial charge in [0.25, 0.3) is 0 Å². The Morgan fingerprint density at radius 1 is 1.28 bits per heavy atom. The number of nitrogens with zero attached hydrogens (tertiary/aromatic N) is 1. The summed E-state index contributed by atoms with van der Waals surface area (Å²) in [5.41, 5.74) is 2.42. The monoisotopic (exact) mass is 247 g/mol. The van der Waals surface area contributed by atoms with Gasteiger partial charge in [-0.05, 0) is 30.9 Å². The first-order valence-corrected chi connectivity index (χ1v) is 6.19. The predicted octanol–water partition coefficient (Wildman–Crippen LogP) is 1.33. The van der Waals surface area contributed by atoms with Crippen LogP contribution in [0.25, 0.3) is 0 Å². The highest BCUT2D eigenvalue weighted by Gasteiger charge is 2.30. The second kappa shape index (κ2) is 5.21. The van der Waals surface area contributed by atoms with Gasteiger partial charge in [-0.1, -0.05) is 24.3 Å². The Morgan fingerprint density at radius 3 is 2.28 bits per heavy atom. The van der Waals surface area contributed by atoms with E-state index in [0.29, 0.717) is 6.54 Å². The minimum Gasteiger partial charge on any atom is -0.480 e. The fourth-order valence-corrected chi connectivity index (χ4v) is 2.50. The summed E-state index contributed by atoms with van der Waals surface area (Å²) in [6.45, 7) is 2.04. The third-order valence-electron chi connectivity index (χ3n) is 3.42. The number of rotatable bonds is 4. The van der Waals surface area contributed by atoms with Gasteiger partial charge in [0.05, 0.1) is 0 Å². The highest BCUT2D eigenvalue weighted by molar-refractivity contribution is 5.84. The molecule has 1 N–H and O–H groups in total. The van der Waals surface area contributed by atoms with Crippen LogP contribution in [0.15, 0.2) is 24.3 Å². The lowest BCUT2D eigenvalue weighted by atomic mass is 10.0. The summed E-state index contributed by atoms with van der Waals surface area (Å²) >= 11 is 0. The van der Waals surface area contributed by atoms with Gasteiger partial charge >= 0.3 is 5.97 Å². The van der Waals surface area contributed by atoms with Gasteiger partial charge in [0, 0.05) is 12.5 Å². The molecule has 0 aromatic heterocycles. The van der Waals surface area contributed by atoms with Crippen LogP contribution in [0.1, 0.15) is 18.1 Å². The van der Waals surface area contributed by atoms with Crippen molar-refractivity contribution in [3.8, 4) is 0 Å². The third kappa shape index (κ3) is 2.53. The summed E-state index contributed by atoms with van der Waals surface area (Å²) in [5, 5.41) is 8.79. The first-order chi connectivity index (χ1) is 8.61. The molecule has 1 aliphatic carbocycles. The number of carbonyl (C=O) groups is 2.